The van der Waals surface area contributed by atoms with Crippen LogP contribution >= 0.6 is 0 Å². The van der Waals surface area contributed by atoms with Crippen molar-refractivity contribution >= 4 is 34.8 Å². The number of aliphatic hydroxyl groups excluding tert-OH is 3. The van der Waals surface area contributed by atoms with Gasteiger partial charge in [-0.05, 0) is 49.5 Å². The number of benzene rings is 2. The zero-order valence-electron chi connectivity index (χ0n) is 23.8. The fourth-order valence-electron chi connectivity index (χ4n) is 7.52. The monoisotopic (exact) mass is 558 g/mol. The molecule has 2 aromatic rings. The number of aromatic hydroxyl groups is 1. The third-order valence-electron chi connectivity index (χ3n) is 9.50. The molecule has 1 saturated carbocycles. The number of fused-ring (bicyclic) bond motifs is 3. The van der Waals surface area contributed by atoms with E-state index in [0.717, 1.165) is 12.5 Å². The van der Waals surface area contributed by atoms with Crippen LogP contribution in [0.2, 0.25) is 0 Å². The van der Waals surface area contributed by atoms with Crippen molar-refractivity contribution < 1.29 is 39.9 Å². The lowest BCUT2D eigenvalue weighted by Gasteiger charge is -2.62. The molecule has 5 N–H and O–H groups in total. The van der Waals surface area contributed by atoms with Gasteiger partial charge < -0.3 is 25.5 Å². The molecule has 0 heterocycles. The molecule has 41 heavy (non-hydrogen) atoms. The summed E-state index contributed by atoms with van der Waals surface area (Å²) in [5.41, 5.74) is -5.49. The first-order valence-electron chi connectivity index (χ1n) is 13.6. The highest BCUT2D eigenvalue weighted by Crippen LogP contribution is 2.67. The maximum atomic E-state index is 14.6. The molecular formula is C33H34O8. The zero-order valence-corrected chi connectivity index (χ0v) is 23.8. The minimum Gasteiger partial charge on any atom is -0.508 e. The Balaban J connectivity index is 1.95. The molecular weight excluding hydrogens is 524 g/mol. The average Bonchev–Trinajstić information content (AvgIpc) is 2.89. The van der Waals surface area contributed by atoms with Crippen LogP contribution in [-0.2, 0) is 14.4 Å². The molecule has 1 fully saturated rings. The minimum absolute atomic E-state index is 0.0753. The fourth-order valence-corrected chi connectivity index (χ4v) is 7.52. The van der Waals surface area contributed by atoms with Gasteiger partial charge in [0.15, 0.2) is 17.2 Å². The lowest BCUT2D eigenvalue weighted by Crippen LogP contribution is -2.75. The van der Waals surface area contributed by atoms with Gasteiger partial charge >= 0.3 is 0 Å². The lowest BCUT2D eigenvalue weighted by molar-refractivity contribution is -0.207. The van der Waals surface area contributed by atoms with Crippen molar-refractivity contribution in [2.75, 3.05) is 0 Å². The van der Waals surface area contributed by atoms with Crippen LogP contribution in [-0.4, -0.2) is 54.6 Å². The van der Waals surface area contributed by atoms with E-state index in [4.69, 9.17) is 0 Å². The van der Waals surface area contributed by atoms with Crippen molar-refractivity contribution in [2.45, 2.75) is 53.2 Å². The van der Waals surface area contributed by atoms with Crippen LogP contribution in [0.4, 0.5) is 0 Å². The molecule has 214 valence electrons. The molecule has 1 unspecified atom stereocenters. The van der Waals surface area contributed by atoms with E-state index >= 15 is 0 Å². The highest BCUT2D eigenvalue weighted by molar-refractivity contribution is 6.25. The zero-order chi connectivity index (χ0) is 30.4. The number of aliphatic hydroxyl groups is 4. The number of allylic oxidation sites excluding steroid dienone is 1. The number of hydrogen-bond acceptors (Lipinski definition) is 8. The second-order valence-corrected chi connectivity index (χ2v) is 12.2. The molecule has 8 heteroatoms. The number of aryl methyl sites for hydroxylation is 1. The van der Waals surface area contributed by atoms with Gasteiger partial charge in [-0.1, -0.05) is 68.8 Å². The predicted molar refractivity (Wildman–Crippen MR) is 153 cm³/mol. The maximum Gasteiger partial charge on any atom is 0.203 e. The van der Waals surface area contributed by atoms with Gasteiger partial charge in [-0.2, -0.15) is 0 Å². The largest absolute Gasteiger partial charge is 0.508 e. The highest BCUT2D eigenvalue weighted by atomic mass is 16.4. The number of hydrogen-bond donors (Lipinski definition) is 5. The number of rotatable bonds is 3. The SMILES string of the molecule is CC(=O)C1=C(O)[C@]2(O)C(=O)C3=C(O)c4c(O)cccc4/C(=C\c4ccc(C)cc4)[C@]3(C)[C@@H](O)[C@]2(C)C(C(C)C)C1=O. The van der Waals surface area contributed by atoms with Gasteiger partial charge in [0.2, 0.25) is 5.78 Å². The molecule has 8 nitrogen and oxygen atoms in total. The van der Waals surface area contributed by atoms with Crippen molar-refractivity contribution in [1.82, 2.24) is 0 Å². The van der Waals surface area contributed by atoms with Gasteiger partial charge in [-0.15, -0.1) is 0 Å². The summed E-state index contributed by atoms with van der Waals surface area (Å²) in [6.07, 6.45) is -0.00539. The molecule has 0 amide bonds. The molecule has 3 aliphatic carbocycles. The van der Waals surface area contributed by atoms with Gasteiger partial charge in [0, 0.05) is 11.3 Å². The second-order valence-electron chi connectivity index (χ2n) is 12.2. The Kier molecular flexibility index (Phi) is 6.26. The van der Waals surface area contributed by atoms with Crippen molar-refractivity contribution in [1.29, 1.82) is 0 Å². The summed E-state index contributed by atoms with van der Waals surface area (Å²) < 4.78 is 0. The van der Waals surface area contributed by atoms with Gasteiger partial charge in [-0.3, -0.25) is 14.4 Å². The fraction of sp³-hybridized carbons (Fsp3) is 0.364. The summed E-state index contributed by atoms with van der Waals surface area (Å²) >= 11 is 0. The molecule has 2 aromatic carbocycles. The first-order chi connectivity index (χ1) is 19.1. The summed E-state index contributed by atoms with van der Waals surface area (Å²) in [5.74, 6) is -6.76. The van der Waals surface area contributed by atoms with E-state index < -0.39 is 74.4 Å². The molecule has 0 saturated heterocycles. The molecule has 0 radical (unpaired) electrons. The predicted octanol–water partition coefficient (Wildman–Crippen LogP) is 4.47. The number of carbonyl (C=O) groups is 3. The molecule has 5 atom stereocenters. The van der Waals surface area contributed by atoms with E-state index in [1.54, 1.807) is 39.0 Å². The first-order valence-corrected chi connectivity index (χ1v) is 13.6. The smallest absolute Gasteiger partial charge is 0.203 e. The van der Waals surface area contributed by atoms with Crippen LogP contribution in [0.25, 0.3) is 17.4 Å². The molecule has 0 aromatic heterocycles. The minimum atomic E-state index is -2.93. The van der Waals surface area contributed by atoms with Crippen molar-refractivity contribution in [2.24, 2.45) is 22.7 Å². The van der Waals surface area contributed by atoms with Crippen LogP contribution in [0, 0.1) is 29.6 Å². The highest BCUT2D eigenvalue weighted by Gasteiger charge is 2.76. The van der Waals surface area contributed by atoms with E-state index in [1.165, 1.54) is 13.0 Å². The third kappa shape index (κ3) is 3.38. The Hall–Kier alpha value is -4.01. The second kappa shape index (κ2) is 8.99. The molecule has 5 rings (SSSR count). The molecule has 0 spiro atoms. The molecule has 3 aliphatic rings. The Morgan fingerprint density at radius 3 is 2.17 bits per heavy atom. The topological polar surface area (TPSA) is 152 Å². The Bertz CT molecular complexity index is 1620. The van der Waals surface area contributed by atoms with Crippen molar-refractivity contribution in [3.8, 4) is 5.75 Å². The molecule has 0 aliphatic heterocycles. The van der Waals surface area contributed by atoms with Crippen LogP contribution in [0.5, 0.6) is 5.75 Å². The van der Waals surface area contributed by atoms with Crippen molar-refractivity contribution in [3.05, 3.63) is 81.6 Å². The van der Waals surface area contributed by atoms with Crippen LogP contribution in [0.1, 0.15) is 56.9 Å². The lowest BCUT2D eigenvalue weighted by atomic mass is 9.41. The summed E-state index contributed by atoms with van der Waals surface area (Å²) in [6.45, 7) is 9.24. The Labute approximate surface area is 238 Å². The summed E-state index contributed by atoms with van der Waals surface area (Å²) in [4.78, 5) is 40.9. The van der Waals surface area contributed by atoms with E-state index in [2.05, 4.69) is 0 Å². The summed E-state index contributed by atoms with van der Waals surface area (Å²) in [7, 11) is 0. The molecule has 0 bridgehead atoms. The maximum absolute atomic E-state index is 14.6. The van der Waals surface area contributed by atoms with Crippen LogP contribution in [0.3, 0.4) is 0 Å². The van der Waals surface area contributed by atoms with E-state index in [0.29, 0.717) is 16.7 Å². The van der Waals surface area contributed by atoms with Gasteiger partial charge in [0.05, 0.1) is 22.7 Å². The normalized spacial score (nSPS) is 32.3. The van der Waals surface area contributed by atoms with E-state index in [9.17, 15) is 39.9 Å². The number of carbonyl (C=O) groups excluding carboxylic acids is 3. The van der Waals surface area contributed by atoms with Gasteiger partial charge in [0.25, 0.3) is 0 Å². The van der Waals surface area contributed by atoms with Crippen molar-refractivity contribution in [3.63, 3.8) is 0 Å². The average molecular weight is 559 g/mol. The van der Waals surface area contributed by atoms with Crippen LogP contribution < -0.4 is 0 Å². The number of ketones is 3. The van der Waals surface area contributed by atoms with E-state index in [1.807, 2.05) is 31.2 Å². The summed E-state index contributed by atoms with van der Waals surface area (Å²) in [5, 5.41) is 58.5. The quantitative estimate of drug-likeness (QED) is 0.346. The summed E-state index contributed by atoms with van der Waals surface area (Å²) in [6, 6.07) is 12.0. The Morgan fingerprint density at radius 1 is 1.00 bits per heavy atom. The van der Waals surface area contributed by atoms with Gasteiger partial charge in [0.1, 0.15) is 22.8 Å². The van der Waals surface area contributed by atoms with E-state index in [-0.39, 0.29) is 11.3 Å². The third-order valence-corrected chi connectivity index (χ3v) is 9.50. The standard InChI is InChI=1S/C33H34O8/c1-15(2)24-26(36)22(17(4)34)28(38)33(41)29(39)25-27(37)23-19(8-7-9-21(23)35)20(14-18-12-10-16(3)11-13-18)31(25,5)30(40)32(24,33)6/h7-15,24,30,35,37-38,40-41H,1-6H3/b20-14+/t24?,30-,31+,32+,33+/m1/s1. The number of Topliss-reactive ketones (excluding diaryl/α,β-unsaturated/α-hetero) is 3. The Morgan fingerprint density at radius 2 is 1.61 bits per heavy atom. The van der Waals surface area contributed by atoms with Crippen LogP contribution in [0.15, 0.2) is 59.4 Å². The van der Waals surface area contributed by atoms with Gasteiger partial charge in [-0.25, -0.2) is 0 Å². The first kappa shape index (κ1) is 28.5. The number of phenolic OH excluding ortho intramolecular Hbond substituents is 1. The number of phenols is 1.